The number of halogens is 1. The van der Waals surface area contributed by atoms with Crippen LogP contribution in [0.2, 0.25) is 10.3 Å². The van der Waals surface area contributed by atoms with E-state index < -0.39 is 0 Å². The van der Waals surface area contributed by atoms with Crippen LogP contribution >= 0.6 is 12.4 Å². The van der Waals surface area contributed by atoms with Crippen LogP contribution in [-0.2, 0) is 16.3 Å². The van der Waals surface area contributed by atoms with Gasteiger partial charge in [-0.1, -0.05) is 0 Å². The van der Waals surface area contributed by atoms with Gasteiger partial charge in [-0.05, 0) is 0 Å². The largest absolute Gasteiger partial charge is 0.147 e. The molecule has 0 aliphatic heterocycles. The van der Waals surface area contributed by atoms with E-state index in [1.807, 2.05) is 0 Å². The van der Waals surface area contributed by atoms with Crippen molar-refractivity contribution in [1.29, 1.82) is 0 Å². The van der Waals surface area contributed by atoms with E-state index in [0.29, 0.717) is 0 Å². The second-order valence-corrected chi connectivity index (χ2v) is 3.53. The molecular formula is C4H11ClV. The van der Waals surface area contributed by atoms with Gasteiger partial charge >= 0.3 is 40.4 Å². The van der Waals surface area contributed by atoms with E-state index in [2.05, 4.69) is 13.8 Å². The van der Waals surface area contributed by atoms with Gasteiger partial charge in [-0.3, -0.25) is 0 Å². The Bertz CT molecular complexity index is 15.0. The third-order valence-corrected chi connectivity index (χ3v) is 1.84. The van der Waals surface area contributed by atoms with Gasteiger partial charge in [0.05, 0.1) is 0 Å². The summed E-state index contributed by atoms with van der Waals surface area (Å²) < 4.78 is 0. The second-order valence-electron chi connectivity index (χ2n) is 0.856. The van der Waals surface area contributed by atoms with Crippen molar-refractivity contribution in [3.63, 3.8) is 0 Å². The van der Waals surface area contributed by atoms with Crippen molar-refractivity contribution in [2.75, 3.05) is 0 Å². The van der Waals surface area contributed by atoms with Gasteiger partial charge in [-0.25, -0.2) is 0 Å². The molecule has 0 rings (SSSR count). The van der Waals surface area contributed by atoms with E-state index in [1.165, 1.54) is 10.3 Å². The second kappa shape index (κ2) is 9.30. The van der Waals surface area contributed by atoms with E-state index in [0.717, 1.165) is 16.3 Å². The van der Waals surface area contributed by atoms with Crippen LogP contribution in [0.15, 0.2) is 0 Å². The topological polar surface area (TPSA) is 0 Å². The van der Waals surface area contributed by atoms with Crippen LogP contribution in [0.1, 0.15) is 13.8 Å². The number of hydrogen-bond donors (Lipinski definition) is 0. The Morgan fingerprint density at radius 1 is 1.17 bits per heavy atom. The summed E-state index contributed by atoms with van der Waals surface area (Å²) in [5.41, 5.74) is 0. The summed E-state index contributed by atoms with van der Waals surface area (Å²) in [4.78, 5) is 0. The van der Waals surface area contributed by atoms with Crippen LogP contribution in [0.3, 0.4) is 0 Å². The Labute approximate surface area is 53.2 Å². The summed E-state index contributed by atoms with van der Waals surface area (Å²) in [6, 6.07) is 0. The Morgan fingerprint density at radius 3 is 1.50 bits per heavy atom. The van der Waals surface area contributed by atoms with Crippen molar-refractivity contribution < 1.29 is 16.3 Å². The maximum Gasteiger partial charge on any atom is -0.147 e. The Morgan fingerprint density at radius 2 is 1.50 bits per heavy atom. The molecule has 0 bridgehead atoms. The van der Waals surface area contributed by atoms with E-state index in [9.17, 15) is 0 Å². The molecule has 2 heteroatoms. The third kappa shape index (κ3) is 8.86. The van der Waals surface area contributed by atoms with Gasteiger partial charge in [-0.2, -0.15) is 0 Å². The first-order valence-corrected chi connectivity index (χ1v) is 4.02. The molecule has 0 aromatic heterocycles. The molecule has 0 radical (unpaired) electrons. The van der Waals surface area contributed by atoms with E-state index in [4.69, 9.17) is 0 Å². The van der Waals surface area contributed by atoms with Crippen molar-refractivity contribution >= 4 is 12.4 Å². The SMILES string of the molecule is C[CH2][V][CH2]C.Cl. The summed E-state index contributed by atoms with van der Waals surface area (Å²) in [6.45, 7) is 4.51. The van der Waals surface area contributed by atoms with Gasteiger partial charge in [-0.15, -0.1) is 12.4 Å². The van der Waals surface area contributed by atoms with Crippen LogP contribution < -0.4 is 0 Å². The van der Waals surface area contributed by atoms with E-state index >= 15 is 0 Å². The van der Waals surface area contributed by atoms with Gasteiger partial charge in [0.25, 0.3) is 0 Å². The zero-order chi connectivity index (χ0) is 4.12. The molecule has 0 nitrogen and oxygen atoms in total. The molecule has 0 spiro atoms. The fraction of sp³-hybridized carbons (Fsp3) is 1.00. The van der Waals surface area contributed by atoms with Crippen LogP contribution in [0.4, 0.5) is 0 Å². The fourth-order valence-corrected chi connectivity index (χ4v) is 0.922. The first-order chi connectivity index (χ1) is 2.41. The minimum Gasteiger partial charge on any atom is -0.147 e. The van der Waals surface area contributed by atoms with Gasteiger partial charge in [0.2, 0.25) is 0 Å². The van der Waals surface area contributed by atoms with Crippen molar-refractivity contribution in [3.8, 4) is 0 Å². The Balaban J connectivity index is 0. The van der Waals surface area contributed by atoms with E-state index in [1.54, 1.807) is 0 Å². The van der Waals surface area contributed by atoms with Crippen molar-refractivity contribution in [3.05, 3.63) is 0 Å². The van der Waals surface area contributed by atoms with Crippen LogP contribution in [0, 0.1) is 0 Å². The molecule has 6 heavy (non-hydrogen) atoms. The first-order valence-electron chi connectivity index (χ1n) is 2.05. The standard InChI is InChI=1S/2C2H5.ClH.V/c2*1-2;;/h2*1H2,2H3;1H;. The average molecular weight is 146 g/mol. The first kappa shape index (κ1) is 9.98. The van der Waals surface area contributed by atoms with Gasteiger partial charge < -0.3 is 0 Å². The minimum atomic E-state index is 0. The molecule has 0 aliphatic carbocycles. The molecule has 0 atom stereocenters. The molecular weight excluding hydrogens is 134 g/mol. The molecule has 0 fully saturated rings. The summed E-state index contributed by atoms with van der Waals surface area (Å²) >= 11 is 0.743. The average Bonchev–Trinajstić information content (AvgIpc) is 1.41. The molecule has 0 N–H and O–H groups in total. The summed E-state index contributed by atoms with van der Waals surface area (Å²) in [7, 11) is 0. The maximum absolute atomic E-state index is 2.25. The van der Waals surface area contributed by atoms with E-state index in [-0.39, 0.29) is 12.4 Å². The molecule has 0 aromatic rings. The summed E-state index contributed by atoms with van der Waals surface area (Å²) in [5, 5.41) is 2.88. The van der Waals surface area contributed by atoms with Crippen molar-refractivity contribution in [2.45, 2.75) is 24.1 Å². The molecule has 0 amide bonds. The zero-order valence-electron chi connectivity index (χ0n) is 4.27. The Hall–Kier alpha value is 0.874. The number of hydrogen-bond acceptors (Lipinski definition) is 0. The maximum atomic E-state index is 2.25. The molecule has 0 aliphatic rings. The monoisotopic (exact) mass is 145 g/mol. The summed E-state index contributed by atoms with van der Waals surface area (Å²) in [5.74, 6) is 0. The molecule has 0 saturated carbocycles. The molecule has 0 aromatic carbocycles. The van der Waals surface area contributed by atoms with Gasteiger partial charge in [0.1, 0.15) is 0 Å². The fourth-order valence-electron chi connectivity index (χ4n) is 0.224. The van der Waals surface area contributed by atoms with Crippen molar-refractivity contribution in [2.24, 2.45) is 0 Å². The quantitative estimate of drug-likeness (QED) is 0.560. The van der Waals surface area contributed by atoms with Crippen LogP contribution in [0.5, 0.6) is 0 Å². The molecule has 0 unspecified atom stereocenters. The Kier molecular flexibility index (Phi) is 15.5. The van der Waals surface area contributed by atoms with Gasteiger partial charge in [0, 0.05) is 0 Å². The smallest absolute Gasteiger partial charge is 0.147 e. The van der Waals surface area contributed by atoms with Gasteiger partial charge in [0.15, 0.2) is 0 Å². The number of rotatable bonds is 2. The normalized spacial score (nSPS) is 6.33. The van der Waals surface area contributed by atoms with Crippen LogP contribution in [0.25, 0.3) is 0 Å². The van der Waals surface area contributed by atoms with Crippen molar-refractivity contribution in [1.82, 2.24) is 0 Å². The summed E-state index contributed by atoms with van der Waals surface area (Å²) in [6.07, 6.45) is 0. The zero-order valence-corrected chi connectivity index (χ0v) is 6.48. The third-order valence-electron chi connectivity index (χ3n) is 0.447. The van der Waals surface area contributed by atoms with Crippen LogP contribution in [-0.4, -0.2) is 0 Å². The molecule has 0 saturated heterocycles. The molecule has 0 heterocycles. The predicted octanol–water partition coefficient (Wildman–Crippen LogP) is 2.37. The molecule has 39 valence electrons. The predicted molar refractivity (Wildman–Crippen MR) is 28.2 cm³/mol. The minimum absolute atomic E-state index is 0.